The largest absolute Gasteiger partial charge is 0.489 e. The lowest BCUT2D eigenvalue weighted by Gasteiger charge is -2.20. The molecule has 1 aliphatic heterocycles. The Balaban J connectivity index is 1.44. The Morgan fingerprint density at radius 2 is 2.03 bits per heavy atom. The summed E-state index contributed by atoms with van der Waals surface area (Å²) in [6.45, 7) is 0.00719. The van der Waals surface area contributed by atoms with Crippen molar-refractivity contribution in [2.45, 2.75) is 12.5 Å². The van der Waals surface area contributed by atoms with Crippen LogP contribution in [0.3, 0.4) is 0 Å². The fraction of sp³-hybridized carbons (Fsp3) is 0.190. The van der Waals surface area contributed by atoms with Crippen LogP contribution in [0.25, 0.3) is 0 Å². The Morgan fingerprint density at radius 3 is 2.80 bits per heavy atom. The van der Waals surface area contributed by atoms with Crippen LogP contribution in [-0.2, 0) is 11.2 Å². The lowest BCUT2D eigenvalue weighted by Crippen LogP contribution is -2.50. The fourth-order valence-corrected chi connectivity index (χ4v) is 3.54. The summed E-state index contributed by atoms with van der Waals surface area (Å²) in [5.74, 6) is -0.0334. The molecule has 1 aliphatic rings. The molecule has 4 rings (SSSR count). The van der Waals surface area contributed by atoms with Gasteiger partial charge >= 0.3 is 6.03 Å². The number of rotatable bonds is 3. The van der Waals surface area contributed by atoms with Crippen molar-refractivity contribution < 1.29 is 18.7 Å². The van der Waals surface area contributed by atoms with Gasteiger partial charge in [-0.05, 0) is 41.5 Å². The number of anilines is 1. The average molecular weight is 473 g/mol. The highest BCUT2D eigenvalue weighted by Crippen LogP contribution is 2.33. The second kappa shape index (κ2) is 8.27. The van der Waals surface area contributed by atoms with E-state index in [-0.39, 0.29) is 18.3 Å². The van der Waals surface area contributed by atoms with Crippen molar-refractivity contribution in [1.82, 2.24) is 15.1 Å². The predicted molar refractivity (Wildman–Crippen MR) is 112 cm³/mol. The van der Waals surface area contributed by atoms with Crippen LogP contribution in [-0.4, -0.2) is 41.4 Å². The van der Waals surface area contributed by atoms with Crippen LogP contribution in [0.15, 0.2) is 59.3 Å². The Kier molecular flexibility index (Phi) is 5.54. The number of hydrogen-bond donors (Lipinski definition) is 1. The molecule has 7 nitrogen and oxygen atoms in total. The van der Waals surface area contributed by atoms with Gasteiger partial charge in [-0.15, -0.1) is 0 Å². The Labute approximate surface area is 180 Å². The van der Waals surface area contributed by atoms with E-state index in [0.717, 1.165) is 20.3 Å². The van der Waals surface area contributed by atoms with Crippen molar-refractivity contribution in [3.63, 3.8) is 0 Å². The zero-order valence-electron chi connectivity index (χ0n) is 16.0. The zero-order chi connectivity index (χ0) is 21.3. The summed E-state index contributed by atoms with van der Waals surface area (Å²) in [6.07, 6.45) is 3.65. The highest BCUT2D eigenvalue weighted by atomic mass is 79.9. The van der Waals surface area contributed by atoms with Crippen LogP contribution in [0.1, 0.15) is 11.1 Å². The van der Waals surface area contributed by atoms with E-state index in [1.807, 2.05) is 6.07 Å². The van der Waals surface area contributed by atoms with Gasteiger partial charge in [-0.25, -0.2) is 9.18 Å². The summed E-state index contributed by atoms with van der Waals surface area (Å²) in [7, 11) is 1.64. The predicted octanol–water partition coefficient (Wildman–Crippen LogP) is 3.36. The number of likely N-dealkylation sites (N-methyl/N-ethyl adjacent to an activating group) is 1. The second-order valence-electron chi connectivity index (χ2n) is 6.92. The molecule has 0 spiro atoms. The third kappa shape index (κ3) is 4.20. The monoisotopic (exact) mass is 472 g/mol. The van der Waals surface area contributed by atoms with Gasteiger partial charge in [0, 0.05) is 24.1 Å². The molecule has 9 heteroatoms. The minimum absolute atomic E-state index is 0.00719. The van der Waals surface area contributed by atoms with Gasteiger partial charge in [0.05, 0.1) is 11.9 Å². The zero-order valence-corrected chi connectivity index (χ0v) is 17.6. The van der Waals surface area contributed by atoms with Crippen LogP contribution in [0.4, 0.5) is 14.9 Å². The molecule has 0 saturated heterocycles. The van der Waals surface area contributed by atoms with Crippen molar-refractivity contribution in [1.29, 1.82) is 0 Å². The third-order valence-corrected chi connectivity index (χ3v) is 5.27. The first-order valence-corrected chi connectivity index (χ1v) is 9.99. The Hall–Kier alpha value is -3.20. The molecule has 0 fully saturated rings. The number of nitrogens with one attached hydrogen (secondary N) is 1. The molecular weight excluding hydrogens is 455 g/mol. The van der Waals surface area contributed by atoms with Crippen LogP contribution < -0.4 is 15.0 Å². The number of amides is 2. The number of nitrogens with zero attached hydrogens (tertiary/aromatic N) is 3. The van der Waals surface area contributed by atoms with Gasteiger partial charge in [0.25, 0.3) is 5.91 Å². The van der Waals surface area contributed by atoms with Crippen molar-refractivity contribution in [2.75, 3.05) is 18.6 Å². The summed E-state index contributed by atoms with van der Waals surface area (Å²) >= 11 is 3.39. The lowest BCUT2D eigenvalue weighted by atomic mass is 10.1. The molecule has 0 bridgehead atoms. The summed E-state index contributed by atoms with van der Waals surface area (Å²) in [4.78, 5) is 26.9. The van der Waals surface area contributed by atoms with Gasteiger partial charge in [-0.3, -0.25) is 4.79 Å². The molecule has 0 aliphatic carbocycles. The van der Waals surface area contributed by atoms with Crippen molar-refractivity contribution in [3.8, 4) is 5.75 Å². The van der Waals surface area contributed by atoms with E-state index < -0.39 is 12.1 Å². The van der Waals surface area contributed by atoms with Crippen molar-refractivity contribution in [2.24, 2.45) is 0 Å². The highest BCUT2D eigenvalue weighted by molar-refractivity contribution is 9.10. The van der Waals surface area contributed by atoms with Gasteiger partial charge in [0.1, 0.15) is 24.2 Å². The van der Waals surface area contributed by atoms with E-state index in [4.69, 9.17) is 4.74 Å². The van der Waals surface area contributed by atoms with E-state index >= 15 is 0 Å². The fourth-order valence-electron chi connectivity index (χ4n) is 3.19. The standard InChI is InChI=1S/C21H18BrFN4O3/c1-26-18-9-15(22)4-7-19(18)30-12-17(20(26)28)25-21(29)27-11-14(10-24-27)8-13-2-5-16(23)6-3-13/h2-7,9-11,17H,8,12H2,1H3,(H,25,29)/t17-/m1/s1. The Morgan fingerprint density at radius 1 is 1.27 bits per heavy atom. The summed E-state index contributed by atoms with van der Waals surface area (Å²) in [5, 5.41) is 6.75. The number of carbonyl (C=O) groups is 2. The first-order valence-electron chi connectivity index (χ1n) is 9.19. The number of ether oxygens (including phenoxy) is 1. The molecule has 2 heterocycles. The van der Waals surface area contributed by atoms with E-state index in [0.29, 0.717) is 17.9 Å². The maximum absolute atomic E-state index is 13.0. The molecule has 3 aromatic rings. The third-order valence-electron chi connectivity index (χ3n) is 4.78. The minimum atomic E-state index is -0.863. The first-order chi connectivity index (χ1) is 14.4. The molecule has 1 N–H and O–H groups in total. The minimum Gasteiger partial charge on any atom is -0.489 e. The van der Waals surface area contributed by atoms with Gasteiger partial charge in [-0.1, -0.05) is 28.1 Å². The summed E-state index contributed by atoms with van der Waals surface area (Å²) in [5.41, 5.74) is 2.30. The highest BCUT2D eigenvalue weighted by Gasteiger charge is 2.31. The van der Waals surface area contributed by atoms with Crippen LogP contribution >= 0.6 is 15.9 Å². The number of fused-ring (bicyclic) bond motifs is 1. The van der Waals surface area contributed by atoms with Crippen LogP contribution in [0.5, 0.6) is 5.75 Å². The van der Waals surface area contributed by atoms with Crippen LogP contribution in [0, 0.1) is 5.82 Å². The van der Waals surface area contributed by atoms with Crippen molar-refractivity contribution >= 4 is 33.6 Å². The number of hydrogen-bond acceptors (Lipinski definition) is 4. The molecule has 0 radical (unpaired) electrons. The number of benzene rings is 2. The molecule has 1 aromatic heterocycles. The molecule has 2 amide bonds. The van der Waals surface area contributed by atoms with Gasteiger partial charge < -0.3 is 15.0 Å². The lowest BCUT2D eigenvalue weighted by molar-refractivity contribution is -0.120. The molecular formula is C21H18BrFN4O3. The topological polar surface area (TPSA) is 76.5 Å². The molecule has 0 saturated carbocycles. The van der Waals surface area contributed by atoms with E-state index in [1.54, 1.807) is 43.7 Å². The van der Waals surface area contributed by atoms with E-state index in [1.165, 1.54) is 17.0 Å². The maximum Gasteiger partial charge on any atom is 0.342 e. The second-order valence-corrected chi connectivity index (χ2v) is 7.83. The van der Waals surface area contributed by atoms with Gasteiger partial charge in [0.15, 0.2) is 0 Å². The first kappa shape index (κ1) is 20.1. The summed E-state index contributed by atoms with van der Waals surface area (Å²) in [6, 6.07) is 10.1. The molecule has 154 valence electrons. The molecule has 30 heavy (non-hydrogen) atoms. The van der Waals surface area contributed by atoms with Gasteiger partial charge in [0.2, 0.25) is 0 Å². The SMILES string of the molecule is CN1C(=O)[C@H](NC(=O)n2cc(Cc3ccc(F)cc3)cn2)COc2ccc(Br)cc21. The molecule has 0 unspecified atom stereocenters. The smallest absolute Gasteiger partial charge is 0.342 e. The quantitative estimate of drug-likeness (QED) is 0.633. The number of aromatic nitrogens is 2. The van der Waals surface area contributed by atoms with Crippen LogP contribution in [0.2, 0.25) is 0 Å². The van der Waals surface area contributed by atoms with E-state index in [2.05, 4.69) is 26.3 Å². The number of carbonyl (C=O) groups excluding carboxylic acids is 2. The molecule has 1 atom stereocenters. The summed E-state index contributed by atoms with van der Waals surface area (Å²) < 4.78 is 20.7. The van der Waals surface area contributed by atoms with Crippen molar-refractivity contribution in [3.05, 3.63) is 76.3 Å². The van der Waals surface area contributed by atoms with Gasteiger partial charge in [-0.2, -0.15) is 9.78 Å². The molecule has 2 aromatic carbocycles. The average Bonchev–Trinajstić information content (AvgIpc) is 3.17. The number of halogens is 2. The van der Waals surface area contributed by atoms with E-state index in [9.17, 15) is 14.0 Å². The maximum atomic E-state index is 13.0. The normalized spacial score (nSPS) is 15.9. The Bertz CT molecular complexity index is 1100.